The Morgan fingerprint density at radius 1 is 0.600 bits per heavy atom. The monoisotopic (exact) mass is 756 g/mol. The molecule has 0 amide bonds. The Morgan fingerprint density at radius 2 is 1.00 bits per heavy atom. The van der Waals surface area contributed by atoms with Crippen LogP contribution in [0.3, 0.4) is 0 Å². The van der Waals surface area contributed by atoms with Crippen molar-refractivity contribution in [1.29, 1.82) is 0 Å². The van der Waals surface area contributed by atoms with Crippen molar-refractivity contribution >= 4 is 12.2 Å². The van der Waals surface area contributed by atoms with Crippen LogP contribution in [-0.2, 0) is 32.1 Å². The molecule has 4 heterocycles. The van der Waals surface area contributed by atoms with E-state index in [1.165, 1.54) is 37.9 Å². The van der Waals surface area contributed by atoms with Gasteiger partial charge in [-0.1, -0.05) is 0 Å². The van der Waals surface area contributed by atoms with E-state index in [1.807, 2.05) is 0 Å². The summed E-state index contributed by atoms with van der Waals surface area (Å²) >= 11 is 0. The molecule has 40 heavy (non-hydrogen) atoms. The van der Waals surface area contributed by atoms with Gasteiger partial charge in [0.15, 0.2) is 0 Å². The van der Waals surface area contributed by atoms with Gasteiger partial charge in [-0.25, -0.2) is 0 Å². The summed E-state index contributed by atoms with van der Waals surface area (Å²) in [6.45, 7) is -1.53. The van der Waals surface area contributed by atoms with Gasteiger partial charge in [0.1, 0.15) is 0 Å². The molecule has 5 aromatic rings. The molecule has 16 heteroatoms. The smallest absolute Gasteiger partial charge is 0 e. The molecule has 0 spiro atoms. The van der Waals surface area contributed by atoms with Crippen molar-refractivity contribution in [2.75, 3.05) is 13.3 Å². The summed E-state index contributed by atoms with van der Waals surface area (Å²) in [6, 6.07) is 17.2. The van der Waals surface area contributed by atoms with Crippen LogP contribution in [0.5, 0.6) is 0 Å². The van der Waals surface area contributed by atoms with Gasteiger partial charge in [0.2, 0.25) is 0 Å². The fourth-order valence-electron chi connectivity index (χ4n) is 4.14. The van der Waals surface area contributed by atoms with Crippen molar-refractivity contribution < 1.29 is 46.1 Å². The second kappa shape index (κ2) is 10.1. The molecule has 0 saturated carbocycles. The van der Waals surface area contributed by atoms with Gasteiger partial charge in [0.25, 0.3) is 0 Å². The minimum absolute atomic E-state index is 0. The average Bonchev–Trinajstić information content (AvgIpc) is 3.58. The van der Waals surface area contributed by atoms with Crippen LogP contribution >= 0.6 is 6.90 Å². The van der Waals surface area contributed by atoms with Crippen molar-refractivity contribution in [2.24, 2.45) is 0 Å². The van der Waals surface area contributed by atoms with Crippen LogP contribution in [0.1, 0.15) is 11.6 Å². The maximum Gasteiger partial charge on any atom is 0 e. The van der Waals surface area contributed by atoms with Crippen molar-refractivity contribution in [2.45, 2.75) is 12.4 Å². The number of nitrogens with zero attached hydrogens (tertiary/aromatic N) is 8. The van der Waals surface area contributed by atoms with Gasteiger partial charge in [0, 0.05) is 19.8 Å². The van der Waals surface area contributed by atoms with Crippen LogP contribution < -0.4 is 5.30 Å². The molecule has 4 aromatic heterocycles. The number of hydrogen-bond acceptors (Lipinski definition) is 6. The minimum Gasteiger partial charge on any atom is 0 e. The first-order chi connectivity index (χ1) is 18.3. The van der Waals surface area contributed by atoms with Gasteiger partial charge in [-0.15, -0.1) is 0 Å². The maximum atomic E-state index is 14.0. The molecule has 0 bridgehead atoms. The summed E-state index contributed by atoms with van der Waals surface area (Å²) < 4.78 is 85.9. The zero-order chi connectivity index (χ0) is 28.1. The Labute approximate surface area is 236 Å². The first kappa shape index (κ1) is 29.4. The largest absolute Gasteiger partial charge is 0 e. The molecule has 0 aliphatic heterocycles. The van der Waals surface area contributed by atoms with E-state index in [0.717, 1.165) is 8.90 Å². The normalized spacial score (nSPS) is 13.3. The number of alkyl halides is 6. The number of halogens is 6. The molecule has 0 atom stereocenters. The SMILES string of the molecule is CP(C)(c1ccccc1)(n1nc(C(F)(F)F)nc1-c1ccccn1)n1nc(C(F)(F)F)nc1-c1ccccn1.[Os]. The van der Waals surface area contributed by atoms with E-state index < -0.39 is 30.9 Å². The fraction of sp³-hybridized carbons (Fsp3) is 0.167. The molecule has 5 rings (SSSR count). The van der Waals surface area contributed by atoms with Gasteiger partial charge in [-0.2, -0.15) is 0 Å². The van der Waals surface area contributed by atoms with Crippen LogP contribution in [0.4, 0.5) is 26.3 Å². The summed E-state index contributed by atoms with van der Waals surface area (Å²) in [6.07, 6.45) is -7.19. The van der Waals surface area contributed by atoms with Crippen LogP contribution in [0, 0.1) is 0 Å². The Kier molecular flexibility index (Phi) is 7.45. The van der Waals surface area contributed by atoms with Crippen LogP contribution in [0.15, 0.2) is 79.1 Å². The molecule has 0 fully saturated rings. The topological polar surface area (TPSA) is 87.2 Å². The predicted molar refractivity (Wildman–Crippen MR) is 132 cm³/mol. The van der Waals surface area contributed by atoms with Crippen molar-refractivity contribution in [3.8, 4) is 23.0 Å². The van der Waals surface area contributed by atoms with E-state index in [4.69, 9.17) is 0 Å². The molecular weight excluding hydrogens is 736 g/mol. The third-order valence-electron chi connectivity index (χ3n) is 6.10. The van der Waals surface area contributed by atoms with Gasteiger partial charge < -0.3 is 0 Å². The van der Waals surface area contributed by atoms with E-state index in [0.29, 0.717) is 5.30 Å². The third kappa shape index (κ3) is 4.93. The molecule has 0 radical (unpaired) electrons. The van der Waals surface area contributed by atoms with E-state index in [9.17, 15) is 26.3 Å². The second-order valence-corrected chi connectivity index (χ2v) is 14.3. The molecule has 0 N–H and O–H groups in total. The van der Waals surface area contributed by atoms with Crippen molar-refractivity contribution in [1.82, 2.24) is 39.0 Å². The quantitative estimate of drug-likeness (QED) is 0.177. The number of benzene rings is 1. The van der Waals surface area contributed by atoms with Crippen LogP contribution in [-0.4, -0.2) is 52.4 Å². The zero-order valence-corrected chi connectivity index (χ0v) is 24.1. The standard InChI is InChI=1S/C24H19F6N8P.Os/c1-39(2,16-10-4-3-5-11-16,37-19(17-12-6-8-14-31-17)33-21(35-37)23(25,26)27)38-20(18-13-7-9-15-32-18)34-22(36-38)24(28,29)30;/h3-15H,1-2H3;. The Hall–Kier alpha value is -3.55. The Morgan fingerprint density at radius 3 is 1.35 bits per heavy atom. The second-order valence-electron chi connectivity index (χ2n) is 9.04. The van der Waals surface area contributed by atoms with Gasteiger partial charge in [-0.05, 0) is 0 Å². The van der Waals surface area contributed by atoms with Gasteiger partial charge in [-0.3, -0.25) is 0 Å². The average molecular weight is 755 g/mol. The third-order valence-corrected chi connectivity index (χ3v) is 10.7. The van der Waals surface area contributed by atoms with Crippen LogP contribution in [0.25, 0.3) is 23.0 Å². The summed E-state index contributed by atoms with van der Waals surface area (Å²) in [5.74, 6) is -3.56. The van der Waals surface area contributed by atoms with Gasteiger partial charge >= 0.3 is 217 Å². The molecule has 8 nitrogen and oxygen atoms in total. The molecule has 1 aromatic carbocycles. The van der Waals surface area contributed by atoms with Crippen molar-refractivity contribution in [3.05, 3.63) is 90.8 Å². The van der Waals surface area contributed by atoms with E-state index in [-0.39, 0.29) is 42.8 Å². The summed E-state index contributed by atoms with van der Waals surface area (Å²) in [5.41, 5.74) is 0.0642. The predicted octanol–water partition coefficient (Wildman–Crippen LogP) is 5.39. The summed E-state index contributed by atoms with van der Waals surface area (Å²) in [7, 11) is 0. The number of pyridine rings is 2. The summed E-state index contributed by atoms with van der Waals surface area (Å²) in [5, 5.41) is 8.09. The first-order valence-electron chi connectivity index (χ1n) is 11.3. The molecule has 210 valence electrons. The van der Waals surface area contributed by atoms with E-state index in [1.54, 1.807) is 54.6 Å². The van der Waals surface area contributed by atoms with Gasteiger partial charge in [0.05, 0.1) is 0 Å². The Balaban J connectivity index is 0.00000370. The van der Waals surface area contributed by atoms with E-state index in [2.05, 4.69) is 30.1 Å². The minimum atomic E-state index is -4.96. The number of hydrogen-bond donors (Lipinski definition) is 0. The van der Waals surface area contributed by atoms with Crippen LogP contribution in [0.2, 0.25) is 0 Å². The molecule has 0 aliphatic rings. The maximum absolute atomic E-state index is 14.0. The molecule has 0 aliphatic carbocycles. The fourth-order valence-corrected chi connectivity index (χ4v) is 7.88. The molecular formula is C24H19F6N8OsP. The van der Waals surface area contributed by atoms with Crippen molar-refractivity contribution in [3.63, 3.8) is 0 Å². The van der Waals surface area contributed by atoms with E-state index >= 15 is 0 Å². The molecule has 0 unspecified atom stereocenters. The summed E-state index contributed by atoms with van der Waals surface area (Å²) in [4.78, 5) is 15.8. The number of aromatic nitrogens is 8. The Bertz CT molecular complexity index is 1520. The number of rotatable bonds is 5. The molecule has 0 saturated heterocycles. The zero-order valence-electron chi connectivity index (χ0n) is 20.7. The first-order valence-corrected chi connectivity index (χ1v) is 14.3.